The number of hydrogen-bond acceptors (Lipinski definition) is 3. The lowest BCUT2D eigenvalue weighted by molar-refractivity contribution is -0.00215. The van der Waals surface area contributed by atoms with Gasteiger partial charge in [0.15, 0.2) is 5.78 Å². The zero-order valence-corrected chi connectivity index (χ0v) is 15.7. The van der Waals surface area contributed by atoms with Gasteiger partial charge in [-0.2, -0.15) is 0 Å². The van der Waals surface area contributed by atoms with Gasteiger partial charge in [-0.05, 0) is 67.5 Å². The Bertz CT molecular complexity index is 862. The maximum atomic E-state index is 13.5. The zero-order chi connectivity index (χ0) is 18.4. The molecule has 2 bridgehead atoms. The molecule has 27 heavy (non-hydrogen) atoms. The van der Waals surface area contributed by atoms with Crippen molar-refractivity contribution in [2.75, 3.05) is 13.1 Å². The molecule has 3 atom stereocenters. The summed E-state index contributed by atoms with van der Waals surface area (Å²) in [6.07, 6.45) is 6.84. The molecule has 3 heteroatoms. The number of Topliss-reactive ketones (excluding diaryl/α,β-unsaturated/α-hetero) is 1. The van der Waals surface area contributed by atoms with Crippen molar-refractivity contribution in [3.05, 3.63) is 65.2 Å². The maximum absolute atomic E-state index is 13.5. The minimum absolute atomic E-state index is 0.0137. The van der Waals surface area contributed by atoms with Crippen LogP contribution < -0.4 is 0 Å². The Morgan fingerprint density at radius 2 is 1.93 bits per heavy atom. The number of piperidine rings is 1. The molecule has 0 aromatic heterocycles. The highest BCUT2D eigenvalue weighted by Crippen LogP contribution is 2.56. The third-order valence-electron chi connectivity index (χ3n) is 7.32. The van der Waals surface area contributed by atoms with E-state index in [1.54, 1.807) is 6.07 Å². The molecule has 3 aliphatic rings. The number of ketones is 1. The van der Waals surface area contributed by atoms with Crippen LogP contribution in [0.4, 0.5) is 0 Å². The van der Waals surface area contributed by atoms with E-state index in [1.807, 2.05) is 12.1 Å². The van der Waals surface area contributed by atoms with Crippen molar-refractivity contribution < 1.29 is 9.90 Å². The van der Waals surface area contributed by atoms with Gasteiger partial charge in [0.05, 0.1) is 6.04 Å². The van der Waals surface area contributed by atoms with Crippen LogP contribution in [0.25, 0.3) is 0 Å². The highest BCUT2D eigenvalue weighted by molar-refractivity contribution is 6.04. The normalized spacial score (nSPS) is 29.9. The third kappa shape index (κ3) is 2.63. The van der Waals surface area contributed by atoms with Gasteiger partial charge in [-0.25, -0.2) is 0 Å². The minimum Gasteiger partial charge on any atom is -0.508 e. The van der Waals surface area contributed by atoms with Gasteiger partial charge in [0.25, 0.3) is 0 Å². The number of nitrogens with zero attached hydrogens (tertiary/aromatic N) is 1. The number of hydrogen-bond donors (Lipinski definition) is 1. The summed E-state index contributed by atoms with van der Waals surface area (Å²) in [5, 5.41) is 10.1. The van der Waals surface area contributed by atoms with Crippen LogP contribution in [0.1, 0.15) is 53.6 Å². The fourth-order valence-corrected chi connectivity index (χ4v) is 6.08. The molecule has 3 nitrogen and oxygen atoms in total. The number of phenols is 1. The van der Waals surface area contributed by atoms with Crippen molar-refractivity contribution in [2.45, 2.75) is 50.0 Å². The Morgan fingerprint density at radius 1 is 1.07 bits per heavy atom. The van der Waals surface area contributed by atoms with Crippen LogP contribution in [0.15, 0.2) is 48.5 Å². The molecule has 0 unspecified atom stereocenters. The number of fused-ring (bicyclic) bond motifs is 1. The topological polar surface area (TPSA) is 40.5 Å². The first kappa shape index (κ1) is 17.0. The molecule has 5 rings (SSSR count). The molecule has 2 aromatic carbocycles. The highest BCUT2D eigenvalue weighted by atomic mass is 16.3. The molecule has 1 heterocycles. The third-order valence-corrected chi connectivity index (χ3v) is 7.32. The van der Waals surface area contributed by atoms with Crippen LogP contribution in [0.2, 0.25) is 0 Å². The standard InChI is InChI=1S/C24H27NO2/c26-18-9-10-19-21(16-18)24-12-5-4-8-20(24)22(23(19)27)25(15-13-24)14-11-17-6-2-1-3-7-17/h1-3,6-7,9-10,16,20,22,26H,4-5,8,11-15H2/t20-,22+,24-/m0/s1. The van der Waals surface area contributed by atoms with Crippen LogP contribution in [-0.4, -0.2) is 34.9 Å². The molecule has 2 aromatic rings. The van der Waals surface area contributed by atoms with Crippen LogP contribution in [0.5, 0.6) is 5.75 Å². The molecule has 1 saturated heterocycles. The predicted molar refractivity (Wildman–Crippen MR) is 106 cm³/mol. The van der Waals surface area contributed by atoms with E-state index in [0.29, 0.717) is 11.7 Å². The van der Waals surface area contributed by atoms with E-state index >= 15 is 0 Å². The van der Waals surface area contributed by atoms with Gasteiger partial charge in [-0.15, -0.1) is 0 Å². The summed E-state index contributed by atoms with van der Waals surface area (Å²) in [5.41, 5.74) is 3.43. The SMILES string of the molecule is O=C1c2ccc(O)cc2[C@]23CCCC[C@H]2[C@H]1N(CCc1ccccc1)CC3. The van der Waals surface area contributed by atoms with Crippen LogP contribution in [0, 0.1) is 5.92 Å². The second-order valence-electron chi connectivity index (χ2n) is 8.57. The number of carbonyl (C=O) groups excluding carboxylic acids is 1. The molecule has 1 aliphatic heterocycles. The van der Waals surface area contributed by atoms with Crippen molar-refractivity contribution in [3.63, 3.8) is 0 Å². The van der Waals surface area contributed by atoms with Gasteiger partial charge in [-0.3, -0.25) is 9.69 Å². The highest BCUT2D eigenvalue weighted by Gasteiger charge is 2.56. The van der Waals surface area contributed by atoms with Crippen molar-refractivity contribution in [1.29, 1.82) is 0 Å². The fraction of sp³-hybridized carbons (Fsp3) is 0.458. The Kier molecular flexibility index (Phi) is 4.08. The van der Waals surface area contributed by atoms with E-state index in [-0.39, 0.29) is 17.2 Å². The van der Waals surface area contributed by atoms with E-state index in [4.69, 9.17) is 0 Å². The van der Waals surface area contributed by atoms with E-state index in [2.05, 4.69) is 35.2 Å². The molecule has 2 fully saturated rings. The summed E-state index contributed by atoms with van der Waals surface area (Å²) >= 11 is 0. The molecule has 1 saturated carbocycles. The number of phenolic OH excluding ortho intramolecular Hbond substituents is 1. The molecular formula is C24H27NO2. The molecule has 0 radical (unpaired) electrons. The first-order valence-electron chi connectivity index (χ1n) is 10.3. The van der Waals surface area contributed by atoms with E-state index in [0.717, 1.165) is 49.9 Å². The molecule has 1 N–H and O–H groups in total. The Morgan fingerprint density at radius 3 is 2.78 bits per heavy atom. The molecular weight excluding hydrogens is 334 g/mol. The van der Waals surface area contributed by atoms with Gasteiger partial charge in [0.1, 0.15) is 5.75 Å². The van der Waals surface area contributed by atoms with Gasteiger partial charge >= 0.3 is 0 Å². The van der Waals surface area contributed by atoms with Crippen LogP contribution in [0.3, 0.4) is 0 Å². The van der Waals surface area contributed by atoms with Crippen LogP contribution in [-0.2, 0) is 11.8 Å². The average Bonchev–Trinajstić information content (AvgIpc) is 2.71. The van der Waals surface area contributed by atoms with Gasteiger partial charge in [0.2, 0.25) is 0 Å². The van der Waals surface area contributed by atoms with E-state index in [1.165, 1.54) is 18.4 Å². The van der Waals surface area contributed by atoms with E-state index in [9.17, 15) is 9.90 Å². The quantitative estimate of drug-likeness (QED) is 0.884. The summed E-state index contributed by atoms with van der Waals surface area (Å²) in [4.78, 5) is 15.9. The molecule has 0 amide bonds. The smallest absolute Gasteiger partial charge is 0.180 e. The number of benzene rings is 2. The Balaban J connectivity index is 1.50. The largest absolute Gasteiger partial charge is 0.508 e. The van der Waals surface area contributed by atoms with Crippen molar-refractivity contribution in [1.82, 2.24) is 4.90 Å². The van der Waals surface area contributed by atoms with Crippen molar-refractivity contribution in [3.8, 4) is 5.75 Å². The summed E-state index contributed by atoms with van der Waals surface area (Å²) in [7, 11) is 0. The fourth-order valence-electron chi connectivity index (χ4n) is 6.08. The first-order valence-corrected chi connectivity index (χ1v) is 10.3. The molecule has 140 valence electrons. The number of carbonyl (C=O) groups is 1. The summed E-state index contributed by atoms with van der Waals surface area (Å²) in [5.74, 6) is 0.975. The van der Waals surface area contributed by atoms with Gasteiger partial charge in [-0.1, -0.05) is 43.2 Å². The Labute approximate surface area is 161 Å². The second kappa shape index (κ2) is 6.49. The average molecular weight is 361 g/mol. The lowest BCUT2D eigenvalue weighted by atomic mass is 9.52. The number of likely N-dealkylation sites (tertiary alicyclic amines) is 1. The lowest BCUT2D eigenvalue weighted by Crippen LogP contribution is -2.63. The molecule has 0 spiro atoms. The predicted octanol–water partition coefficient (Wildman–Crippen LogP) is 4.33. The number of aromatic hydroxyl groups is 1. The van der Waals surface area contributed by atoms with E-state index < -0.39 is 0 Å². The van der Waals surface area contributed by atoms with Gasteiger partial charge in [0, 0.05) is 17.5 Å². The minimum atomic E-state index is 0.0137. The second-order valence-corrected chi connectivity index (χ2v) is 8.57. The van der Waals surface area contributed by atoms with Gasteiger partial charge < -0.3 is 5.11 Å². The number of rotatable bonds is 3. The summed E-state index contributed by atoms with van der Waals surface area (Å²) in [6, 6.07) is 16.0. The zero-order valence-electron chi connectivity index (χ0n) is 15.7. The maximum Gasteiger partial charge on any atom is 0.180 e. The lowest BCUT2D eigenvalue weighted by Gasteiger charge is -2.58. The van der Waals surface area contributed by atoms with Crippen molar-refractivity contribution in [2.24, 2.45) is 5.92 Å². The molecule has 2 aliphatic carbocycles. The summed E-state index contributed by atoms with van der Waals surface area (Å²) < 4.78 is 0. The van der Waals surface area contributed by atoms with Crippen LogP contribution >= 0.6 is 0 Å². The Hall–Kier alpha value is -2.13. The first-order chi connectivity index (χ1) is 13.2. The summed E-state index contributed by atoms with van der Waals surface area (Å²) in [6.45, 7) is 1.93. The van der Waals surface area contributed by atoms with Crippen molar-refractivity contribution >= 4 is 5.78 Å². The monoisotopic (exact) mass is 361 g/mol.